The predicted molar refractivity (Wildman–Crippen MR) is 78.2 cm³/mol. The van der Waals surface area contributed by atoms with Gasteiger partial charge in [-0.05, 0) is 44.4 Å². The molecule has 2 rings (SSSR count). The first kappa shape index (κ1) is 13.7. The topological polar surface area (TPSA) is 44.4 Å². The second kappa shape index (κ2) is 6.45. The van der Waals surface area contributed by atoms with Gasteiger partial charge in [-0.25, -0.2) is 4.79 Å². The van der Waals surface area contributed by atoms with Gasteiger partial charge < -0.3 is 15.5 Å². The molecule has 1 fully saturated rings. The molecule has 0 aliphatic carbocycles. The van der Waals surface area contributed by atoms with E-state index < -0.39 is 0 Å². The standard InChI is InChI=1S/C15H23N3O/c1-12(2)17-14-7-5-6-13(10-14)11-16-15(19)18-8-3-4-9-18/h5-7,10,12,17H,3-4,8-9,11H2,1-2H3,(H,16,19). The van der Waals surface area contributed by atoms with Crippen LogP contribution < -0.4 is 10.6 Å². The van der Waals surface area contributed by atoms with E-state index in [1.165, 1.54) is 0 Å². The third kappa shape index (κ3) is 4.16. The highest BCUT2D eigenvalue weighted by molar-refractivity contribution is 5.74. The number of carbonyl (C=O) groups excluding carboxylic acids is 1. The van der Waals surface area contributed by atoms with Crippen molar-refractivity contribution in [3.8, 4) is 0 Å². The number of nitrogens with one attached hydrogen (secondary N) is 2. The van der Waals surface area contributed by atoms with E-state index in [9.17, 15) is 4.79 Å². The Hall–Kier alpha value is -1.71. The summed E-state index contributed by atoms with van der Waals surface area (Å²) in [5, 5.41) is 6.35. The quantitative estimate of drug-likeness (QED) is 0.875. The van der Waals surface area contributed by atoms with Crippen molar-refractivity contribution in [3.05, 3.63) is 29.8 Å². The first-order chi connectivity index (χ1) is 9.15. The molecule has 0 radical (unpaired) electrons. The van der Waals surface area contributed by atoms with E-state index in [1.54, 1.807) is 0 Å². The zero-order chi connectivity index (χ0) is 13.7. The van der Waals surface area contributed by atoms with Crippen LogP contribution in [0.3, 0.4) is 0 Å². The zero-order valence-electron chi connectivity index (χ0n) is 11.8. The molecule has 0 unspecified atom stereocenters. The SMILES string of the molecule is CC(C)Nc1cccc(CNC(=O)N2CCCC2)c1. The summed E-state index contributed by atoms with van der Waals surface area (Å²) in [4.78, 5) is 13.8. The van der Waals surface area contributed by atoms with Crippen molar-refractivity contribution in [1.82, 2.24) is 10.2 Å². The van der Waals surface area contributed by atoms with Crippen LogP contribution in [-0.4, -0.2) is 30.1 Å². The number of hydrogen-bond acceptors (Lipinski definition) is 2. The molecule has 1 aromatic carbocycles. The fraction of sp³-hybridized carbons (Fsp3) is 0.533. The number of likely N-dealkylation sites (tertiary alicyclic amines) is 1. The third-order valence-corrected chi connectivity index (χ3v) is 3.22. The van der Waals surface area contributed by atoms with Gasteiger partial charge in [0.2, 0.25) is 0 Å². The van der Waals surface area contributed by atoms with Crippen LogP contribution in [0.5, 0.6) is 0 Å². The van der Waals surface area contributed by atoms with Gasteiger partial charge in [-0.15, -0.1) is 0 Å². The van der Waals surface area contributed by atoms with Crippen molar-refractivity contribution >= 4 is 11.7 Å². The maximum absolute atomic E-state index is 11.9. The van der Waals surface area contributed by atoms with Gasteiger partial charge in [0.1, 0.15) is 0 Å². The molecule has 1 heterocycles. The number of rotatable bonds is 4. The zero-order valence-corrected chi connectivity index (χ0v) is 11.8. The number of amides is 2. The molecule has 19 heavy (non-hydrogen) atoms. The highest BCUT2D eigenvalue weighted by atomic mass is 16.2. The lowest BCUT2D eigenvalue weighted by atomic mass is 10.2. The van der Waals surface area contributed by atoms with Crippen LogP contribution in [0.4, 0.5) is 10.5 Å². The second-order valence-corrected chi connectivity index (χ2v) is 5.35. The molecule has 0 bridgehead atoms. The number of carbonyl (C=O) groups is 1. The van der Waals surface area contributed by atoms with Gasteiger partial charge in [-0.2, -0.15) is 0 Å². The summed E-state index contributed by atoms with van der Waals surface area (Å²) >= 11 is 0. The van der Waals surface area contributed by atoms with E-state index in [0.717, 1.165) is 37.2 Å². The minimum atomic E-state index is 0.0553. The van der Waals surface area contributed by atoms with Gasteiger partial charge in [0.25, 0.3) is 0 Å². The van der Waals surface area contributed by atoms with Crippen LogP contribution in [0.1, 0.15) is 32.3 Å². The van der Waals surface area contributed by atoms with Crippen molar-refractivity contribution in [2.24, 2.45) is 0 Å². The van der Waals surface area contributed by atoms with Crippen LogP contribution in [0.2, 0.25) is 0 Å². The lowest BCUT2D eigenvalue weighted by molar-refractivity contribution is 0.208. The molecular weight excluding hydrogens is 238 g/mol. The molecule has 0 aromatic heterocycles. The Morgan fingerprint density at radius 1 is 1.32 bits per heavy atom. The van der Waals surface area contributed by atoms with Crippen molar-refractivity contribution in [3.63, 3.8) is 0 Å². The Labute approximate surface area is 115 Å². The van der Waals surface area contributed by atoms with Gasteiger partial charge in [0.05, 0.1) is 0 Å². The first-order valence-corrected chi connectivity index (χ1v) is 7.03. The van der Waals surface area contributed by atoms with Crippen LogP contribution in [-0.2, 0) is 6.54 Å². The van der Waals surface area contributed by atoms with E-state index >= 15 is 0 Å². The van der Waals surface area contributed by atoms with E-state index in [2.05, 4.69) is 30.5 Å². The number of anilines is 1. The van der Waals surface area contributed by atoms with E-state index in [4.69, 9.17) is 0 Å². The summed E-state index contributed by atoms with van der Waals surface area (Å²) < 4.78 is 0. The summed E-state index contributed by atoms with van der Waals surface area (Å²) in [6.07, 6.45) is 2.25. The lowest BCUT2D eigenvalue weighted by Crippen LogP contribution is -2.37. The normalized spacial score (nSPS) is 14.8. The number of nitrogens with zero attached hydrogens (tertiary/aromatic N) is 1. The molecular formula is C15H23N3O. The smallest absolute Gasteiger partial charge is 0.317 e. The lowest BCUT2D eigenvalue weighted by Gasteiger charge is -2.16. The van der Waals surface area contributed by atoms with Crippen molar-refractivity contribution in [2.75, 3.05) is 18.4 Å². The second-order valence-electron chi connectivity index (χ2n) is 5.35. The molecule has 1 aromatic rings. The Kier molecular flexibility index (Phi) is 4.66. The molecule has 1 aliphatic rings. The van der Waals surface area contributed by atoms with Gasteiger partial charge >= 0.3 is 6.03 Å². The average molecular weight is 261 g/mol. The van der Waals surface area contributed by atoms with Crippen molar-refractivity contribution in [1.29, 1.82) is 0 Å². The maximum atomic E-state index is 11.9. The summed E-state index contributed by atoms with van der Waals surface area (Å²) in [5.41, 5.74) is 2.22. The van der Waals surface area contributed by atoms with Crippen LogP contribution in [0, 0.1) is 0 Å². The molecule has 4 heteroatoms. The molecule has 4 nitrogen and oxygen atoms in total. The molecule has 0 atom stereocenters. The predicted octanol–water partition coefficient (Wildman–Crippen LogP) is 2.81. The Balaban J connectivity index is 1.86. The van der Waals surface area contributed by atoms with E-state index in [0.29, 0.717) is 12.6 Å². The van der Waals surface area contributed by atoms with Crippen LogP contribution in [0.15, 0.2) is 24.3 Å². The molecule has 0 saturated carbocycles. The third-order valence-electron chi connectivity index (χ3n) is 3.22. The van der Waals surface area contributed by atoms with E-state index in [-0.39, 0.29) is 6.03 Å². The van der Waals surface area contributed by atoms with Gasteiger partial charge in [0.15, 0.2) is 0 Å². The minimum Gasteiger partial charge on any atom is -0.383 e. The molecule has 1 saturated heterocycles. The van der Waals surface area contributed by atoms with Crippen LogP contribution in [0.25, 0.3) is 0 Å². The fourth-order valence-electron chi connectivity index (χ4n) is 2.31. The number of urea groups is 1. The maximum Gasteiger partial charge on any atom is 0.317 e. The van der Waals surface area contributed by atoms with Gasteiger partial charge in [0, 0.05) is 31.4 Å². The Bertz CT molecular complexity index is 425. The highest BCUT2D eigenvalue weighted by Crippen LogP contribution is 2.12. The monoisotopic (exact) mass is 261 g/mol. The largest absolute Gasteiger partial charge is 0.383 e. The average Bonchev–Trinajstić information content (AvgIpc) is 2.89. The first-order valence-electron chi connectivity index (χ1n) is 7.03. The summed E-state index contributed by atoms with van der Waals surface area (Å²) in [6, 6.07) is 8.66. The molecule has 2 amide bonds. The summed E-state index contributed by atoms with van der Waals surface area (Å²) in [7, 11) is 0. The van der Waals surface area contributed by atoms with Crippen molar-refractivity contribution in [2.45, 2.75) is 39.3 Å². The summed E-state index contributed by atoms with van der Waals surface area (Å²) in [5.74, 6) is 0. The van der Waals surface area contributed by atoms with E-state index in [1.807, 2.05) is 23.1 Å². The number of benzene rings is 1. The highest BCUT2D eigenvalue weighted by Gasteiger charge is 2.16. The van der Waals surface area contributed by atoms with Gasteiger partial charge in [-0.3, -0.25) is 0 Å². The Morgan fingerprint density at radius 3 is 2.74 bits per heavy atom. The van der Waals surface area contributed by atoms with Gasteiger partial charge in [-0.1, -0.05) is 12.1 Å². The molecule has 104 valence electrons. The fourth-order valence-corrected chi connectivity index (χ4v) is 2.31. The molecule has 2 N–H and O–H groups in total. The minimum absolute atomic E-state index is 0.0553. The molecule has 1 aliphatic heterocycles. The molecule has 0 spiro atoms. The van der Waals surface area contributed by atoms with Crippen molar-refractivity contribution < 1.29 is 4.79 Å². The van der Waals surface area contributed by atoms with Crippen LogP contribution >= 0.6 is 0 Å². The summed E-state index contributed by atoms with van der Waals surface area (Å²) in [6.45, 7) is 6.59. The number of hydrogen-bond donors (Lipinski definition) is 2. The Morgan fingerprint density at radius 2 is 2.05 bits per heavy atom.